The first-order valence-electron chi connectivity index (χ1n) is 8.44. The van der Waals surface area contributed by atoms with Crippen molar-refractivity contribution in [3.8, 4) is 11.3 Å². The number of aromatic nitrogens is 9. The summed E-state index contributed by atoms with van der Waals surface area (Å²) in [5.74, 6) is 0. The van der Waals surface area contributed by atoms with E-state index in [-0.39, 0.29) is 6.61 Å². The molecule has 10 nitrogen and oxygen atoms in total. The lowest BCUT2D eigenvalue weighted by molar-refractivity contribution is 0.269. The lowest BCUT2D eigenvalue weighted by Gasteiger charge is -2.01. The van der Waals surface area contributed by atoms with Gasteiger partial charge in [0.25, 0.3) is 0 Å². The molecule has 0 atom stereocenters. The van der Waals surface area contributed by atoms with Gasteiger partial charge in [0.15, 0.2) is 11.3 Å². The average Bonchev–Trinajstić information content (AvgIpc) is 3.42. The molecule has 0 amide bonds. The molecule has 10 heteroatoms. The predicted octanol–water partition coefficient (Wildman–Crippen LogP) is 1.00. The molecule has 0 radical (unpaired) electrons. The molecule has 5 rings (SSSR count). The van der Waals surface area contributed by atoms with Gasteiger partial charge in [-0.25, -0.2) is 14.6 Å². The number of aliphatic hydroxyl groups excluding tert-OH is 1. The quantitative estimate of drug-likeness (QED) is 0.479. The lowest BCUT2D eigenvalue weighted by atomic mass is 10.2. The molecule has 27 heavy (non-hydrogen) atoms. The van der Waals surface area contributed by atoms with E-state index in [9.17, 15) is 0 Å². The van der Waals surface area contributed by atoms with Gasteiger partial charge in [-0.1, -0.05) is 5.21 Å². The van der Waals surface area contributed by atoms with Crippen molar-refractivity contribution in [2.75, 3.05) is 6.61 Å². The first-order chi connectivity index (χ1) is 13.3. The van der Waals surface area contributed by atoms with Crippen molar-refractivity contribution in [3.05, 3.63) is 48.5 Å². The Hall–Kier alpha value is -3.66. The van der Waals surface area contributed by atoms with E-state index in [0.717, 1.165) is 28.0 Å². The van der Waals surface area contributed by atoms with Crippen LogP contribution in [0.1, 0.15) is 5.69 Å². The third-order valence-corrected chi connectivity index (χ3v) is 4.33. The summed E-state index contributed by atoms with van der Waals surface area (Å²) in [6.45, 7) is 0.918. The third kappa shape index (κ3) is 2.72. The molecule has 0 fully saturated rings. The van der Waals surface area contributed by atoms with E-state index in [1.54, 1.807) is 21.8 Å². The second-order valence-electron chi connectivity index (χ2n) is 6.07. The number of aromatic amines is 1. The molecule has 5 aromatic heterocycles. The van der Waals surface area contributed by atoms with Crippen molar-refractivity contribution in [1.82, 2.24) is 44.9 Å². The molecule has 0 aliphatic heterocycles. The fourth-order valence-corrected chi connectivity index (χ4v) is 3.01. The van der Waals surface area contributed by atoms with Gasteiger partial charge in [0.1, 0.15) is 5.52 Å². The molecule has 0 aromatic carbocycles. The van der Waals surface area contributed by atoms with Crippen LogP contribution in [-0.4, -0.2) is 56.7 Å². The third-order valence-electron chi connectivity index (χ3n) is 4.33. The Morgan fingerprint density at radius 2 is 2.15 bits per heavy atom. The molecule has 5 heterocycles. The van der Waals surface area contributed by atoms with E-state index < -0.39 is 0 Å². The number of rotatable bonds is 5. The topological polar surface area (TPSA) is 123 Å². The van der Waals surface area contributed by atoms with E-state index in [0.29, 0.717) is 24.3 Å². The SMILES string of the molecule is OCCn1cc(-c2ccc3nnn(Cc4n[nH]c5ncccc45)c3n2)cn1. The van der Waals surface area contributed by atoms with Gasteiger partial charge in [0.05, 0.1) is 37.3 Å². The van der Waals surface area contributed by atoms with Crippen LogP contribution in [-0.2, 0) is 13.1 Å². The Morgan fingerprint density at radius 1 is 1.19 bits per heavy atom. The smallest absolute Gasteiger partial charge is 0.179 e. The molecule has 0 bridgehead atoms. The maximum absolute atomic E-state index is 9.04. The second-order valence-corrected chi connectivity index (χ2v) is 6.07. The highest BCUT2D eigenvalue weighted by atomic mass is 16.3. The van der Waals surface area contributed by atoms with E-state index in [2.05, 4.69) is 30.6 Å². The number of hydrogen-bond acceptors (Lipinski definition) is 7. The summed E-state index contributed by atoms with van der Waals surface area (Å²) < 4.78 is 3.40. The maximum atomic E-state index is 9.04. The van der Waals surface area contributed by atoms with Gasteiger partial charge < -0.3 is 5.11 Å². The highest BCUT2D eigenvalue weighted by molar-refractivity contribution is 5.78. The van der Waals surface area contributed by atoms with Crippen LogP contribution in [0.5, 0.6) is 0 Å². The minimum Gasteiger partial charge on any atom is -0.394 e. The Bertz CT molecular complexity index is 1240. The van der Waals surface area contributed by atoms with Gasteiger partial charge in [-0.05, 0) is 24.3 Å². The van der Waals surface area contributed by atoms with E-state index >= 15 is 0 Å². The largest absolute Gasteiger partial charge is 0.394 e. The molecule has 134 valence electrons. The first-order valence-corrected chi connectivity index (χ1v) is 8.44. The minimum absolute atomic E-state index is 0.0384. The maximum Gasteiger partial charge on any atom is 0.179 e. The zero-order valence-electron chi connectivity index (χ0n) is 14.2. The molecule has 5 aromatic rings. The Morgan fingerprint density at radius 3 is 3.07 bits per heavy atom. The first kappa shape index (κ1) is 15.6. The van der Waals surface area contributed by atoms with Crippen LogP contribution in [0.2, 0.25) is 0 Å². The van der Waals surface area contributed by atoms with E-state index in [1.165, 1.54) is 0 Å². The standard InChI is InChI=1S/C17H15N9O/c27-7-6-25-9-11(8-19-25)13-3-4-14-17(20-13)26(24-22-14)10-15-12-2-1-5-18-16(12)23-21-15/h1-5,8-9,27H,6-7,10H2,(H,18,21,23). The number of fused-ring (bicyclic) bond motifs is 2. The normalized spacial score (nSPS) is 11.6. The molecule has 0 aliphatic carbocycles. The Labute approximate surface area is 152 Å². The van der Waals surface area contributed by atoms with Gasteiger partial charge in [0.2, 0.25) is 0 Å². The number of nitrogens with one attached hydrogen (secondary N) is 1. The summed E-state index contributed by atoms with van der Waals surface area (Å²) in [6, 6.07) is 7.61. The number of H-pyrrole nitrogens is 1. The Kier molecular flexibility index (Phi) is 3.61. The molecule has 0 spiro atoms. The zero-order valence-corrected chi connectivity index (χ0v) is 14.2. The van der Waals surface area contributed by atoms with Gasteiger partial charge in [-0.3, -0.25) is 9.78 Å². The summed E-state index contributed by atoms with van der Waals surface area (Å²) in [5.41, 5.74) is 4.58. The zero-order chi connectivity index (χ0) is 18.2. The van der Waals surface area contributed by atoms with Crippen LogP contribution in [0, 0.1) is 0 Å². The highest BCUT2D eigenvalue weighted by Crippen LogP contribution is 2.21. The van der Waals surface area contributed by atoms with E-state index in [4.69, 9.17) is 10.1 Å². The Balaban J connectivity index is 1.53. The van der Waals surface area contributed by atoms with Crippen LogP contribution < -0.4 is 0 Å². The molecular weight excluding hydrogens is 346 g/mol. The number of hydrogen-bond donors (Lipinski definition) is 2. The van der Waals surface area contributed by atoms with Gasteiger partial charge in [0, 0.05) is 23.3 Å². The van der Waals surface area contributed by atoms with Crippen LogP contribution in [0.4, 0.5) is 0 Å². The van der Waals surface area contributed by atoms with E-state index in [1.807, 2.05) is 30.5 Å². The van der Waals surface area contributed by atoms with Crippen molar-refractivity contribution < 1.29 is 5.11 Å². The lowest BCUT2D eigenvalue weighted by Crippen LogP contribution is -2.04. The molecule has 0 unspecified atom stereocenters. The summed E-state index contributed by atoms with van der Waals surface area (Å²) in [7, 11) is 0. The molecular formula is C17H15N9O. The molecule has 0 saturated carbocycles. The van der Waals surface area contributed by atoms with Crippen molar-refractivity contribution in [2.45, 2.75) is 13.1 Å². The fourth-order valence-electron chi connectivity index (χ4n) is 3.01. The van der Waals surface area contributed by atoms with Gasteiger partial charge in [-0.15, -0.1) is 5.10 Å². The van der Waals surface area contributed by atoms with Crippen LogP contribution >= 0.6 is 0 Å². The summed E-state index contributed by atoms with van der Waals surface area (Å²) in [5, 5.41) is 29.9. The summed E-state index contributed by atoms with van der Waals surface area (Å²) in [4.78, 5) is 8.97. The monoisotopic (exact) mass is 361 g/mol. The van der Waals surface area contributed by atoms with Crippen molar-refractivity contribution in [1.29, 1.82) is 0 Å². The number of pyridine rings is 2. The summed E-state index contributed by atoms with van der Waals surface area (Å²) >= 11 is 0. The predicted molar refractivity (Wildman–Crippen MR) is 96.6 cm³/mol. The number of aliphatic hydroxyl groups is 1. The van der Waals surface area contributed by atoms with Gasteiger partial charge in [-0.2, -0.15) is 10.2 Å². The highest BCUT2D eigenvalue weighted by Gasteiger charge is 2.13. The van der Waals surface area contributed by atoms with Crippen LogP contribution in [0.25, 0.3) is 33.5 Å². The van der Waals surface area contributed by atoms with Gasteiger partial charge >= 0.3 is 0 Å². The fraction of sp³-hybridized carbons (Fsp3) is 0.176. The molecule has 2 N–H and O–H groups in total. The van der Waals surface area contributed by atoms with Crippen molar-refractivity contribution in [3.63, 3.8) is 0 Å². The van der Waals surface area contributed by atoms with Crippen LogP contribution in [0.15, 0.2) is 42.9 Å². The van der Waals surface area contributed by atoms with Crippen LogP contribution in [0.3, 0.4) is 0 Å². The minimum atomic E-state index is 0.0384. The molecule has 0 saturated heterocycles. The van der Waals surface area contributed by atoms with Crippen molar-refractivity contribution in [2.24, 2.45) is 0 Å². The molecule has 0 aliphatic rings. The average molecular weight is 361 g/mol. The summed E-state index contributed by atoms with van der Waals surface area (Å²) in [6.07, 6.45) is 5.30. The number of nitrogens with zero attached hydrogens (tertiary/aromatic N) is 8. The van der Waals surface area contributed by atoms with Crippen molar-refractivity contribution >= 4 is 22.2 Å². The second kappa shape index (κ2) is 6.25.